The minimum Gasteiger partial charge on any atom is -0.294 e. The minimum atomic E-state index is -0.740. The monoisotopic (exact) mass is 434 g/mol. The molecule has 0 saturated carbocycles. The highest BCUT2D eigenvalue weighted by molar-refractivity contribution is 6.42. The normalized spacial score (nSPS) is 12.1. The van der Waals surface area contributed by atoms with Gasteiger partial charge in [0.15, 0.2) is 11.6 Å². The fourth-order valence-corrected chi connectivity index (χ4v) is 3.43. The zero-order valence-electron chi connectivity index (χ0n) is 14.0. The molecule has 0 amide bonds. The first-order valence-corrected chi connectivity index (χ1v) is 9.36. The van der Waals surface area contributed by atoms with Gasteiger partial charge in [-0.2, -0.15) is 0 Å². The van der Waals surface area contributed by atoms with Crippen LogP contribution in [0.2, 0.25) is 20.1 Å². The molecular formula is C19H15Cl4FO2. The zero-order valence-corrected chi connectivity index (χ0v) is 17.0. The van der Waals surface area contributed by atoms with Crippen LogP contribution in [0.3, 0.4) is 0 Å². The highest BCUT2D eigenvalue weighted by atomic mass is 35.5. The Morgan fingerprint density at radius 1 is 1.00 bits per heavy atom. The summed E-state index contributed by atoms with van der Waals surface area (Å²) in [4.78, 5) is 24.6. The van der Waals surface area contributed by atoms with Gasteiger partial charge in [-0.1, -0.05) is 60.3 Å². The molecule has 0 aliphatic heterocycles. The van der Waals surface area contributed by atoms with Crippen LogP contribution in [0.5, 0.6) is 0 Å². The maximum absolute atomic E-state index is 14.1. The lowest BCUT2D eigenvalue weighted by atomic mass is 9.91. The average molecular weight is 436 g/mol. The lowest BCUT2D eigenvalue weighted by Crippen LogP contribution is -2.16. The van der Waals surface area contributed by atoms with Crippen LogP contribution in [0, 0.1) is 11.7 Å². The third kappa shape index (κ3) is 4.58. The summed E-state index contributed by atoms with van der Waals surface area (Å²) >= 11 is 24.0. The molecular weight excluding hydrogens is 421 g/mol. The summed E-state index contributed by atoms with van der Waals surface area (Å²) < 4.78 is 14.1. The molecule has 0 radical (unpaired) electrons. The Bertz CT molecular complexity index is 880. The number of rotatable bonds is 6. The molecule has 0 fully saturated rings. The highest BCUT2D eigenvalue weighted by Crippen LogP contribution is 2.31. The number of halogens is 5. The molecule has 0 aliphatic carbocycles. The van der Waals surface area contributed by atoms with E-state index in [1.807, 2.05) is 0 Å². The molecule has 2 rings (SSSR count). The van der Waals surface area contributed by atoms with Crippen molar-refractivity contribution in [2.24, 2.45) is 5.92 Å². The van der Waals surface area contributed by atoms with E-state index >= 15 is 0 Å². The van der Waals surface area contributed by atoms with Crippen LogP contribution < -0.4 is 0 Å². The van der Waals surface area contributed by atoms with Crippen molar-refractivity contribution >= 4 is 58.0 Å². The summed E-state index contributed by atoms with van der Waals surface area (Å²) in [6, 6.07) is 5.33. The molecule has 1 unspecified atom stereocenters. The Labute approximate surface area is 171 Å². The quantitative estimate of drug-likeness (QED) is 0.358. The van der Waals surface area contributed by atoms with Gasteiger partial charge in [-0.25, -0.2) is 4.39 Å². The third-order valence-electron chi connectivity index (χ3n) is 3.98. The van der Waals surface area contributed by atoms with E-state index in [0.29, 0.717) is 16.1 Å². The Balaban J connectivity index is 2.34. The Hall–Kier alpha value is -1.13. The van der Waals surface area contributed by atoms with Crippen LogP contribution in [-0.4, -0.2) is 11.6 Å². The second kappa shape index (κ2) is 8.71. The van der Waals surface area contributed by atoms with E-state index in [1.165, 1.54) is 12.1 Å². The van der Waals surface area contributed by atoms with Crippen LogP contribution in [0.1, 0.15) is 46.5 Å². The molecule has 0 spiro atoms. The van der Waals surface area contributed by atoms with E-state index in [1.54, 1.807) is 19.9 Å². The molecule has 0 N–H and O–H groups in total. The fraction of sp³-hybridized carbons (Fsp3) is 0.263. The SMILES string of the molecule is CCC(=O)c1cc(Cl)cc(CC(C)C(=O)c2cc(Cl)c(Cl)cc2F)c1Cl. The highest BCUT2D eigenvalue weighted by Gasteiger charge is 2.23. The van der Waals surface area contributed by atoms with Crippen molar-refractivity contribution < 1.29 is 14.0 Å². The second-order valence-corrected chi connectivity index (χ2v) is 7.55. The van der Waals surface area contributed by atoms with Gasteiger partial charge >= 0.3 is 0 Å². The summed E-state index contributed by atoms with van der Waals surface area (Å²) in [5, 5.41) is 0.742. The number of carbonyl (C=O) groups excluding carboxylic acids is 2. The minimum absolute atomic E-state index is 0.0361. The van der Waals surface area contributed by atoms with Crippen molar-refractivity contribution in [3.63, 3.8) is 0 Å². The summed E-state index contributed by atoms with van der Waals surface area (Å²) in [7, 11) is 0. The number of carbonyl (C=O) groups is 2. The van der Waals surface area contributed by atoms with E-state index in [0.717, 1.165) is 6.07 Å². The van der Waals surface area contributed by atoms with Crippen molar-refractivity contribution in [1.29, 1.82) is 0 Å². The van der Waals surface area contributed by atoms with Crippen LogP contribution >= 0.6 is 46.4 Å². The topological polar surface area (TPSA) is 34.1 Å². The average Bonchev–Trinajstić information content (AvgIpc) is 2.59. The van der Waals surface area contributed by atoms with Gasteiger partial charge in [-0.3, -0.25) is 9.59 Å². The number of ketones is 2. The van der Waals surface area contributed by atoms with Crippen molar-refractivity contribution in [1.82, 2.24) is 0 Å². The first-order chi connectivity index (χ1) is 12.1. The van der Waals surface area contributed by atoms with Crippen molar-refractivity contribution in [3.05, 3.63) is 66.9 Å². The van der Waals surface area contributed by atoms with Crippen LogP contribution in [0.25, 0.3) is 0 Å². The lowest BCUT2D eigenvalue weighted by molar-refractivity contribution is 0.0925. The maximum Gasteiger partial charge on any atom is 0.168 e. The van der Waals surface area contributed by atoms with Crippen molar-refractivity contribution in [2.45, 2.75) is 26.7 Å². The van der Waals surface area contributed by atoms with Crippen molar-refractivity contribution in [3.8, 4) is 0 Å². The molecule has 2 aromatic carbocycles. The molecule has 2 nitrogen and oxygen atoms in total. The van der Waals surface area contributed by atoms with Gasteiger partial charge in [0.2, 0.25) is 0 Å². The summed E-state index contributed by atoms with van der Waals surface area (Å²) in [6.45, 7) is 3.36. The molecule has 1 atom stereocenters. The molecule has 7 heteroatoms. The Morgan fingerprint density at radius 2 is 1.62 bits per heavy atom. The van der Waals surface area contributed by atoms with E-state index in [9.17, 15) is 14.0 Å². The van der Waals surface area contributed by atoms with Gasteiger partial charge < -0.3 is 0 Å². The smallest absolute Gasteiger partial charge is 0.168 e. The number of Topliss-reactive ketones (excluding diaryl/α,β-unsaturated/α-hetero) is 2. The largest absolute Gasteiger partial charge is 0.294 e. The predicted molar refractivity (Wildman–Crippen MR) is 105 cm³/mol. The second-order valence-electron chi connectivity index (χ2n) is 5.92. The van der Waals surface area contributed by atoms with E-state index in [4.69, 9.17) is 46.4 Å². The molecule has 0 heterocycles. The van der Waals surface area contributed by atoms with Gasteiger partial charge in [-0.15, -0.1) is 0 Å². The van der Waals surface area contributed by atoms with Crippen molar-refractivity contribution in [2.75, 3.05) is 0 Å². The molecule has 138 valence electrons. The van der Waals surface area contributed by atoms with Gasteiger partial charge in [0.25, 0.3) is 0 Å². The van der Waals surface area contributed by atoms with E-state index in [2.05, 4.69) is 0 Å². The maximum atomic E-state index is 14.1. The van der Waals surface area contributed by atoms with Crippen LogP contribution in [0.15, 0.2) is 24.3 Å². The molecule has 26 heavy (non-hydrogen) atoms. The third-order valence-corrected chi connectivity index (χ3v) is 5.37. The van der Waals surface area contributed by atoms with Gasteiger partial charge in [0.1, 0.15) is 5.82 Å². The van der Waals surface area contributed by atoms with E-state index in [-0.39, 0.29) is 39.3 Å². The van der Waals surface area contributed by atoms with Gasteiger partial charge in [-0.05, 0) is 36.2 Å². The number of hydrogen-bond donors (Lipinski definition) is 0. The Kier molecular flexibility index (Phi) is 7.09. The Morgan fingerprint density at radius 3 is 2.23 bits per heavy atom. The first kappa shape index (κ1) is 21.2. The molecule has 0 saturated heterocycles. The number of benzene rings is 2. The van der Waals surface area contributed by atoms with E-state index < -0.39 is 17.5 Å². The zero-order chi connectivity index (χ0) is 19.6. The fourth-order valence-electron chi connectivity index (χ4n) is 2.59. The predicted octanol–water partition coefficient (Wildman–Crippen LogP) is 7.09. The summed E-state index contributed by atoms with van der Waals surface area (Å²) in [5.74, 6) is -1.94. The molecule has 0 aliphatic rings. The van der Waals surface area contributed by atoms with Crippen LogP contribution in [0.4, 0.5) is 4.39 Å². The first-order valence-electron chi connectivity index (χ1n) is 7.85. The molecule has 2 aromatic rings. The summed E-state index contributed by atoms with van der Waals surface area (Å²) in [6.07, 6.45) is 0.477. The van der Waals surface area contributed by atoms with Gasteiger partial charge in [0, 0.05) is 22.9 Å². The lowest BCUT2D eigenvalue weighted by Gasteiger charge is -2.15. The van der Waals surface area contributed by atoms with Gasteiger partial charge in [0.05, 0.1) is 20.6 Å². The standard InChI is InChI=1S/C19H15Cl4FO2/c1-3-17(25)13-6-11(20)5-10(18(13)23)4-9(2)19(26)12-7-14(21)15(22)8-16(12)24/h5-9H,3-4H2,1-2H3. The summed E-state index contributed by atoms with van der Waals surface area (Å²) in [5.41, 5.74) is 0.726. The molecule has 0 bridgehead atoms. The van der Waals surface area contributed by atoms with Crippen LogP contribution in [-0.2, 0) is 6.42 Å². The number of hydrogen-bond acceptors (Lipinski definition) is 2. The molecule has 0 aromatic heterocycles.